The maximum Gasteiger partial charge on any atom is 0.338 e. The Morgan fingerprint density at radius 1 is 1.19 bits per heavy atom. The standard InChI is InChI=1S/C20H25N3O4/c24-19(7-4-12-27-15-16-5-2-1-3-6-16)22-10-8-18(9-11-22)23-14-17(13-21-23)20(25)26/h1-3,5-6,13-14,18H,4,7-12,15H2,(H,25,26). The number of hydrogen-bond donors (Lipinski definition) is 1. The molecule has 0 unspecified atom stereocenters. The molecule has 1 saturated heterocycles. The van der Waals surface area contributed by atoms with Crippen LogP contribution in [0.5, 0.6) is 0 Å². The molecule has 0 atom stereocenters. The van der Waals surface area contributed by atoms with Crippen LogP contribution in [0, 0.1) is 0 Å². The normalized spacial score (nSPS) is 15.0. The van der Waals surface area contributed by atoms with Crippen LogP contribution in [0.25, 0.3) is 0 Å². The van der Waals surface area contributed by atoms with Gasteiger partial charge in [0.1, 0.15) is 0 Å². The van der Waals surface area contributed by atoms with Crippen molar-refractivity contribution < 1.29 is 19.4 Å². The van der Waals surface area contributed by atoms with Crippen LogP contribution < -0.4 is 0 Å². The Morgan fingerprint density at radius 3 is 2.59 bits per heavy atom. The molecular weight excluding hydrogens is 346 g/mol. The highest BCUT2D eigenvalue weighted by molar-refractivity contribution is 5.86. The molecule has 3 rings (SSSR count). The number of aromatic nitrogens is 2. The fraction of sp³-hybridized carbons (Fsp3) is 0.450. The van der Waals surface area contributed by atoms with Crippen LogP contribution in [0.2, 0.25) is 0 Å². The molecule has 1 N–H and O–H groups in total. The average molecular weight is 371 g/mol. The lowest BCUT2D eigenvalue weighted by Crippen LogP contribution is -2.39. The van der Waals surface area contributed by atoms with Gasteiger partial charge in [-0.15, -0.1) is 0 Å². The monoisotopic (exact) mass is 371 g/mol. The van der Waals surface area contributed by atoms with Gasteiger partial charge < -0.3 is 14.7 Å². The first-order chi connectivity index (χ1) is 13.1. The van der Waals surface area contributed by atoms with Gasteiger partial charge in [-0.1, -0.05) is 30.3 Å². The van der Waals surface area contributed by atoms with E-state index in [1.54, 1.807) is 10.9 Å². The van der Waals surface area contributed by atoms with Crippen LogP contribution in [-0.4, -0.2) is 51.4 Å². The Hall–Kier alpha value is -2.67. The molecule has 0 radical (unpaired) electrons. The number of rotatable bonds is 8. The molecule has 2 heterocycles. The van der Waals surface area contributed by atoms with Gasteiger partial charge in [-0.2, -0.15) is 5.10 Å². The van der Waals surface area contributed by atoms with Crippen molar-refractivity contribution in [3.63, 3.8) is 0 Å². The van der Waals surface area contributed by atoms with Crippen LogP contribution in [0.1, 0.15) is 47.6 Å². The van der Waals surface area contributed by atoms with Crippen LogP contribution in [0.3, 0.4) is 0 Å². The van der Waals surface area contributed by atoms with Crippen molar-refractivity contribution in [3.05, 3.63) is 53.9 Å². The van der Waals surface area contributed by atoms with Gasteiger partial charge in [0.05, 0.1) is 24.4 Å². The molecule has 1 aromatic carbocycles. The fourth-order valence-corrected chi connectivity index (χ4v) is 3.28. The van der Waals surface area contributed by atoms with E-state index in [4.69, 9.17) is 9.84 Å². The van der Waals surface area contributed by atoms with E-state index in [-0.39, 0.29) is 17.5 Å². The highest BCUT2D eigenvalue weighted by Gasteiger charge is 2.24. The highest BCUT2D eigenvalue weighted by atomic mass is 16.5. The summed E-state index contributed by atoms with van der Waals surface area (Å²) in [6, 6.07) is 10.1. The number of hydrogen-bond acceptors (Lipinski definition) is 4. The Morgan fingerprint density at radius 2 is 1.93 bits per heavy atom. The van der Waals surface area contributed by atoms with Gasteiger partial charge in [-0.3, -0.25) is 9.48 Å². The summed E-state index contributed by atoms with van der Waals surface area (Å²) in [6.45, 7) is 2.50. The number of nitrogens with zero attached hydrogens (tertiary/aromatic N) is 3. The Labute approximate surface area is 158 Å². The lowest BCUT2D eigenvalue weighted by molar-refractivity contribution is -0.132. The minimum absolute atomic E-state index is 0.149. The first-order valence-corrected chi connectivity index (χ1v) is 9.30. The summed E-state index contributed by atoms with van der Waals surface area (Å²) < 4.78 is 7.33. The van der Waals surface area contributed by atoms with Crippen molar-refractivity contribution in [2.75, 3.05) is 19.7 Å². The van der Waals surface area contributed by atoms with Crippen molar-refractivity contribution in [2.24, 2.45) is 0 Å². The number of carboxylic acids is 1. The number of likely N-dealkylation sites (tertiary alicyclic amines) is 1. The van der Waals surface area contributed by atoms with Gasteiger partial charge in [-0.25, -0.2) is 4.79 Å². The van der Waals surface area contributed by atoms with Crippen molar-refractivity contribution in [3.8, 4) is 0 Å². The summed E-state index contributed by atoms with van der Waals surface area (Å²) in [4.78, 5) is 25.2. The number of carboxylic acid groups (broad SMARTS) is 1. The van der Waals surface area contributed by atoms with Crippen LogP contribution in [0.15, 0.2) is 42.7 Å². The van der Waals surface area contributed by atoms with E-state index in [0.717, 1.165) is 18.4 Å². The first kappa shape index (κ1) is 19.1. The maximum atomic E-state index is 12.3. The molecule has 0 bridgehead atoms. The number of benzene rings is 1. The third-order valence-corrected chi connectivity index (χ3v) is 4.83. The number of amides is 1. The maximum absolute atomic E-state index is 12.3. The van der Waals surface area contributed by atoms with E-state index in [2.05, 4.69) is 5.10 Å². The second kappa shape index (κ2) is 9.32. The molecule has 2 aromatic rings. The summed E-state index contributed by atoms with van der Waals surface area (Å²) in [5.41, 5.74) is 1.33. The molecule has 1 fully saturated rings. The summed E-state index contributed by atoms with van der Waals surface area (Å²) >= 11 is 0. The highest BCUT2D eigenvalue weighted by Crippen LogP contribution is 2.22. The molecule has 7 heteroatoms. The lowest BCUT2D eigenvalue weighted by Gasteiger charge is -2.32. The van der Waals surface area contributed by atoms with E-state index in [0.29, 0.717) is 39.1 Å². The van der Waals surface area contributed by atoms with Crippen molar-refractivity contribution in [2.45, 2.75) is 38.3 Å². The number of aromatic carboxylic acids is 1. The summed E-state index contributed by atoms with van der Waals surface area (Å²) in [6.07, 6.45) is 5.72. The van der Waals surface area contributed by atoms with Gasteiger partial charge in [0, 0.05) is 32.3 Å². The molecule has 0 aliphatic carbocycles. The van der Waals surface area contributed by atoms with Gasteiger partial charge in [0.2, 0.25) is 5.91 Å². The van der Waals surface area contributed by atoms with Gasteiger partial charge in [0.25, 0.3) is 0 Å². The van der Waals surface area contributed by atoms with Gasteiger partial charge in [-0.05, 0) is 24.8 Å². The van der Waals surface area contributed by atoms with Crippen molar-refractivity contribution in [1.29, 1.82) is 0 Å². The van der Waals surface area contributed by atoms with E-state index in [9.17, 15) is 9.59 Å². The Bertz CT molecular complexity index is 752. The largest absolute Gasteiger partial charge is 0.478 e. The van der Waals surface area contributed by atoms with Crippen LogP contribution in [0.4, 0.5) is 0 Å². The quantitative estimate of drug-likeness (QED) is 0.721. The molecule has 7 nitrogen and oxygen atoms in total. The third-order valence-electron chi connectivity index (χ3n) is 4.83. The smallest absolute Gasteiger partial charge is 0.338 e. The number of carbonyl (C=O) groups is 2. The van der Waals surface area contributed by atoms with E-state index >= 15 is 0 Å². The second-order valence-electron chi connectivity index (χ2n) is 6.77. The predicted octanol–water partition coefficient (Wildman–Crippen LogP) is 2.74. The molecular formula is C20H25N3O4. The van der Waals surface area contributed by atoms with Gasteiger partial charge >= 0.3 is 5.97 Å². The second-order valence-corrected chi connectivity index (χ2v) is 6.77. The minimum Gasteiger partial charge on any atom is -0.478 e. The zero-order chi connectivity index (χ0) is 19.1. The molecule has 27 heavy (non-hydrogen) atoms. The molecule has 1 aromatic heterocycles. The molecule has 0 saturated carbocycles. The Kier molecular flexibility index (Phi) is 6.59. The van der Waals surface area contributed by atoms with Crippen molar-refractivity contribution in [1.82, 2.24) is 14.7 Å². The predicted molar refractivity (Wildman–Crippen MR) is 99.4 cm³/mol. The van der Waals surface area contributed by atoms with Crippen molar-refractivity contribution >= 4 is 11.9 Å². The zero-order valence-electron chi connectivity index (χ0n) is 15.3. The molecule has 1 amide bonds. The zero-order valence-corrected chi connectivity index (χ0v) is 15.3. The first-order valence-electron chi connectivity index (χ1n) is 9.30. The lowest BCUT2D eigenvalue weighted by atomic mass is 10.0. The third kappa shape index (κ3) is 5.40. The number of ether oxygens (including phenoxy) is 1. The Balaban J connectivity index is 1.34. The molecule has 144 valence electrons. The minimum atomic E-state index is -0.969. The average Bonchev–Trinajstić information content (AvgIpc) is 3.19. The molecule has 0 spiro atoms. The molecule has 1 aliphatic rings. The molecule has 1 aliphatic heterocycles. The summed E-state index contributed by atoms with van der Waals surface area (Å²) in [5, 5.41) is 13.1. The number of piperidine rings is 1. The van der Waals surface area contributed by atoms with E-state index < -0.39 is 5.97 Å². The fourth-order valence-electron chi connectivity index (χ4n) is 3.28. The van der Waals surface area contributed by atoms with E-state index in [1.807, 2.05) is 35.2 Å². The van der Waals surface area contributed by atoms with Gasteiger partial charge in [0.15, 0.2) is 0 Å². The number of carbonyl (C=O) groups excluding carboxylic acids is 1. The SMILES string of the molecule is O=C(O)c1cnn(C2CCN(C(=O)CCCOCc3ccccc3)CC2)c1. The van der Waals surface area contributed by atoms with Crippen LogP contribution in [-0.2, 0) is 16.1 Å². The summed E-state index contributed by atoms with van der Waals surface area (Å²) in [7, 11) is 0. The summed E-state index contributed by atoms with van der Waals surface area (Å²) in [5.74, 6) is -0.813. The topological polar surface area (TPSA) is 84.7 Å². The van der Waals surface area contributed by atoms with E-state index in [1.165, 1.54) is 6.20 Å². The van der Waals surface area contributed by atoms with Crippen LogP contribution >= 0.6 is 0 Å².